The lowest BCUT2D eigenvalue weighted by atomic mass is 10.1. The topological polar surface area (TPSA) is 58.0 Å². The van der Waals surface area contributed by atoms with Crippen LogP contribution < -0.4 is 15.5 Å². The highest BCUT2D eigenvalue weighted by Gasteiger charge is 2.22. The number of pyridine rings is 1. The molecule has 0 saturated carbocycles. The normalized spacial score (nSPS) is 13.3. The zero-order valence-corrected chi connectivity index (χ0v) is 16.7. The molecule has 1 aliphatic heterocycles. The number of hydrogen-bond acceptors (Lipinski definition) is 5. The Hall–Kier alpha value is -2.71. The van der Waals surface area contributed by atoms with Crippen molar-refractivity contribution >= 4 is 23.1 Å². The summed E-state index contributed by atoms with van der Waals surface area (Å²) < 4.78 is 30.0. The van der Waals surface area contributed by atoms with Crippen molar-refractivity contribution in [3.05, 3.63) is 59.0 Å². The van der Waals surface area contributed by atoms with E-state index in [1.165, 1.54) is 0 Å². The molecule has 3 aromatic rings. The van der Waals surface area contributed by atoms with E-state index in [0.29, 0.717) is 18.9 Å². The summed E-state index contributed by atoms with van der Waals surface area (Å²) in [6.45, 7) is 3.01. The lowest BCUT2D eigenvalue weighted by molar-refractivity contribution is 0.581. The summed E-state index contributed by atoms with van der Waals surface area (Å²) in [6.07, 6.45) is 5.54. The summed E-state index contributed by atoms with van der Waals surface area (Å²) >= 11 is 6.03. The first-order chi connectivity index (χ1) is 14.1. The molecule has 3 heterocycles. The molecule has 0 atom stereocenters. The molecule has 9 heteroatoms. The first-order valence-electron chi connectivity index (χ1n) is 9.35. The van der Waals surface area contributed by atoms with Crippen molar-refractivity contribution in [3.8, 4) is 11.1 Å². The molecular formula is C20H21ClF2N6. The van der Waals surface area contributed by atoms with E-state index in [4.69, 9.17) is 11.6 Å². The van der Waals surface area contributed by atoms with E-state index in [1.54, 1.807) is 12.4 Å². The Labute approximate surface area is 172 Å². The minimum atomic E-state index is -0.626. The van der Waals surface area contributed by atoms with E-state index in [2.05, 4.69) is 20.7 Å². The monoisotopic (exact) mass is 418 g/mol. The number of nitrogens with one attached hydrogen (secondary N) is 2. The van der Waals surface area contributed by atoms with Gasteiger partial charge in [0.2, 0.25) is 0 Å². The van der Waals surface area contributed by atoms with Gasteiger partial charge < -0.3 is 15.5 Å². The second-order valence-corrected chi connectivity index (χ2v) is 7.24. The van der Waals surface area contributed by atoms with Crippen LogP contribution in [0.15, 0.2) is 36.8 Å². The van der Waals surface area contributed by atoms with Gasteiger partial charge in [0.1, 0.15) is 17.5 Å². The standard InChI is InChI=1S/C20H21ClF2N6/c1-24-4-7-29-11-14(10-27-29)13-8-18-20(26-9-13)25-5-6-28(18)12-15-16(22)2-3-17(23)19(15)21/h2-3,8-11,24H,4-7,12H2,1H3,(H,25,26). The third-order valence-corrected chi connectivity index (χ3v) is 5.34. The van der Waals surface area contributed by atoms with E-state index in [-0.39, 0.29) is 17.1 Å². The van der Waals surface area contributed by atoms with Crippen LogP contribution in [0.2, 0.25) is 5.02 Å². The molecule has 0 unspecified atom stereocenters. The SMILES string of the molecule is CNCCn1cc(-c2cnc3c(c2)N(Cc2c(F)ccc(F)c2Cl)CCN3)cn1. The zero-order chi connectivity index (χ0) is 20.4. The highest BCUT2D eigenvalue weighted by atomic mass is 35.5. The van der Waals surface area contributed by atoms with Crippen LogP contribution in [-0.2, 0) is 13.1 Å². The highest BCUT2D eigenvalue weighted by Crippen LogP contribution is 2.34. The minimum absolute atomic E-state index is 0.143. The first kappa shape index (κ1) is 19.6. The van der Waals surface area contributed by atoms with Crippen LogP contribution in [0.5, 0.6) is 0 Å². The van der Waals surface area contributed by atoms with Crippen LogP contribution in [0, 0.1) is 11.6 Å². The number of benzene rings is 1. The van der Waals surface area contributed by atoms with Gasteiger partial charge in [-0.3, -0.25) is 4.68 Å². The van der Waals surface area contributed by atoms with Gasteiger partial charge in [0.15, 0.2) is 0 Å². The van der Waals surface area contributed by atoms with Gasteiger partial charge in [-0.05, 0) is 25.2 Å². The Morgan fingerprint density at radius 2 is 2.03 bits per heavy atom. The predicted molar refractivity (Wildman–Crippen MR) is 110 cm³/mol. The van der Waals surface area contributed by atoms with E-state index < -0.39 is 11.6 Å². The second-order valence-electron chi connectivity index (χ2n) is 6.86. The van der Waals surface area contributed by atoms with Crippen molar-refractivity contribution in [1.82, 2.24) is 20.1 Å². The van der Waals surface area contributed by atoms with Gasteiger partial charge in [-0.25, -0.2) is 13.8 Å². The van der Waals surface area contributed by atoms with E-state index in [0.717, 1.165) is 42.0 Å². The number of likely N-dealkylation sites (N-methyl/N-ethyl adjacent to an activating group) is 1. The maximum absolute atomic E-state index is 14.3. The average Bonchev–Trinajstić information content (AvgIpc) is 3.21. The Balaban J connectivity index is 1.64. The molecule has 6 nitrogen and oxygen atoms in total. The second kappa shape index (κ2) is 8.34. The summed E-state index contributed by atoms with van der Waals surface area (Å²) in [4.78, 5) is 6.47. The number of aromatic nitrogens is 3. The smallest absolute Gasteiger partial charge is 0.149 e. The molecule has 0 bridgehead atoms. The van der Waals surface area contributed by atoms with Gasteiger partial charge >= 0.3 is 0 Å². The van der Waals surface area contributed by atoms with Crippen LogP contribution in [0.25, 0.3) is 11.1 Å². The van der Waals surface area contributed by atoms with Crippen molar-refractivity contribution in [2.45, 2.75) is 13.1 Å². The molecule has 1 aromatic carbocycles. The van der Waals surface area contributed by atoms with Gasteiger partial charge in [-0.15, -0.1) is 0 Å². The van der Waals surface area contributed by atoms with Gasteiger partial charge in [0.05, 0.1) is 23.5 Å². The minimum Gasteiger partial charge on any atom is -0.367 e. The molecule has 0 saturated heterocycles. The fourth-order valence-corrected chi connectivity index (χ4v) is 3.56. The van der Waals surface area contributed by atoms with E-state index >= 15 is 0 Å². The van der Waals surface area contributed by atoms with Crippen molar-refractivity contribution in [2.75, 3.05) is 36.9 Å². The number of halogens is 3. The van der Waals surface area contributed by atoms with Crippen molar-refractivity contribution < 1.29 is 8.78 Å². The molecule has 2 N–H and O–H groups in total. The number of anilines is 2. The Bertz CT molecular complexity index is 1020. The molecule has 1 aliphatic rings. The molecule has 0 fully saturated rings. The largest absolute Gasteiger partial charge is 0.367 e. The Kier molecular flexibility index (Phi) is 5.64. The fraction of sp³-hybridized carbons (Fsp3) is 0.300. The number of fused-ring (bicyclic) bond motifs is 1. The number of hydrogen-bond donors (Lipinski definition) is 2. The van der Waals surface area contributed by atoms with Gasteiger partial charge in [0, 0.05) is 55.3 Å². The molecule has 0 aliphatic carbocycles. The highest BCUT2D eigenvalue weighted by molar-refractivity contribution is 6.31. The zero-order valence-electron chi connectivity index (χ0n) is 15.9. The first-order valence-corrected chi connectivity index (χ1v) is 9.73. The molecule has 29 heavy (non-hydrogen) atoms. The summed E-state index contributed by atoms with van der Waals surface area (Å²) in [5.41, 5.74) is 2.80. The molecule has 0 amide bonds. The molecule has 0 radical (unpaired) electrons. The molecule has 2 aromatic heterocycles. The van der Waals surface area contributed by atoms with Crippen molar-refractivity contribution in [1.29, 1.82) is 0 Å². The van der Waals surface area contributed by atoms with Crippen LogP contribution in [0.3, 0.4) is 0 Å². The quantitative estimate of drug-likeness (QED) is 0.600. The molecule has 4 rings (SSSR count). The van der Waals surface area contributed by atoms with E-state index in [1.807, 2.05) is 28.9 Å². The summed E-state index contributed by atoms with van der Waals surface area (Å²) in [5, 5.41) is 10.5. The third kappa shape index (κ3) is 4.04. The van der Waals surface area contributed by atoms with Crippen molar-refractivity contribution in [2.24, 2.45) is 0 Å². The summed E-state index contributed by atoms with van der Waals surface area (Å²) in [6, 6.07) is 4.13. The Morgan fingerprint density at radius 1 is 1.21 bits per heavy atom. The van der Waals surface area contributed by atoms with Crippen LogP contribution in [0.4, 0.5) is 20.3 Å². The fourth-order valence-electron chi connectivity index (χ4n) is 3.35. The summed E-state index contributed by atoms with van der Waals surface area (Å²) in [5.74, 6) is -0.443. The van der Waals surface area contributed by atoms with Crippen LogP contribution in [-0.4, -0.2) is 41.4 Å². The maximum atomic E-state index is 14.3. The third-order valence-electron chi connectivity index (χ3n) is 4.93. The van der Waals surface area contributed by atoms with Gasteiger partial charge in [0.25, 0.3) is 0 Å². The average molecular weight is 419 g/mol. The lowest BCUT2D eigenvalue weighted by Gasteiger charge is -2.32. The predicted octanol–water partition coefficient (Wildman–Crippen LogP) is 3.53. The molecular weight excluding hydrogens is 398 g/mol. The van der Waals surface area contributed by atoms with E-state index in [9.17, 15) is 8.78 Å². The maximum Gasteiger partial charge on any atom is 0.149 e. The van der Waals surface area contributed by atoms with Crippen molar-refractivity contribution in [3.63, 3.8) is 0 Å². The number of nitrogens with zero attached hydrogens (tertiary/aromatic N) is 4. The molecule has 0 spiro atoms. The number of rotatable bonds is 6. The lowest BCUT2D eigenvalue weighted by Crippen LogP contribution is -2.34. The van der Waals surface area contributed by atoms with Crippen LogP contribution in [0.1, 0.15) is 5.56 Å². The van der Waals surface area contributed by atoms with Gasteiger partial charge in [-0.2, -0.15) is 5.10 Å². The van der Waals surface area contributed by atoms with Crippen LogP contribution >= 0.6 is 11.6 Å². The summed E-state index contributed by atoms with van der Waals surface area (Å²) in [7, 11) is 1.90. The Morgan fingerprint density at radius 3 is 2.86 bits per heavy atom. The molecule has 152 valence electrons. The van der Waals surface area contributed by atoms with Gasteiger partial charge in [-0.1, -0.05) is 11.6 Å².